The summed E-state index contributed by atoms with van der Waals surface area (Å²) in [6.45, 7) is 0.225. The van der Waals surface area contributed by atoms with Gasteiger partial charge in [0.1, 0.15) is 11.8 Å². The number of ether oxygens (including phenoxy) is 1. The van der Waals surface area contributed by atoms with E-state index < -0.39 is 18.0 Å². The number of carboxylic acid groups (broad SMARTS) is 1. The van der Waals surface area contributed by atoms with Crippen molar-refractivity contribution in [2.75, 3.05) is 20.7 Å². The van der Waals surface area contributed by atoms with Crippen LogP contribution in [0.2, 0.25) is 0 Å². The SMILES string of the molecule is COc1ccccc1CN(C)C(=O)NCC(N)C(=O)O. The van der Waals surface area contributed by atoms with Crippen LogP contribution in [0.25, 0.3) is 0 Å². The number of para-hydroxylation sites is 1. The van der Waals surface area contributed by atoms with Crippen molar-refractivity contribution in [2.24, 2.45) is 5.73 Å². The summed E-state index contributed by atoms with van der Waals surface area (Å²) in [6, 6.07) is 5.84. The van der Waals surface area contributed by atoms with Crippen LogP contribution in [-0.2, 0) is 11.3 Å². The summed E-state index contributed by atoms with van der Waals surface area (Å²) in [5, 5.41) is 11.1. The van der Waals surface area contributed by atoms with Gasteiger partial charge in [-0.2, -0.15) is 0 Å². The fourth-order valence-electron chi connectivity index (χ4n) is 1.58. The number of rotatable bonds is 6. The van der Waals surface area contributed by atoms with Crippen molar-refractivity contribution in [3.8, 4) is 5.75 Å². The molecule has 0 fully saturated rings. The number of hydrogen-bond acceptors (Lipinski definition) is 4. The zero-order valence-electron chi connectivity index (χ0n) is 11.5. The Bertz CT molecular complexity index is 478. The molecule has 0 heterocycles. The topological polar surface area (TPSA) is 105 Å². The highest BCUT2D eigenvalue weighted by molar-refractivity contribution is 5.77. The molecule has 0 aromatic heterocycles. The monoisotopic (exact) mass is 281 g/mol. The van der Waals surface area contributed by atoms with E-state index in [-0.39, 0.29) is 6.54 Å². The number of carbonyl (C=O) groups is 2. The van der Waals surface area contributed by atoms with Crippen molar-refractivity contribution in [3.05, 3.63) is 29.8 Å². The highest BCUT2D eigenvalue weighted by Gasteiger charge is 2.15. The number of amides is 2. The number of hydrogen-bond donors (Lipinski definition) is 3. The lowest BCUT2D eigenvalue weighted by Gasteiger charge is -2.20. The molecule has 110 valence electrons. The zero-order chi connectivity index (χ0) is 15.1. The fraction of sp³-hybridized carbons (Fsp3) is 0.385. The van der Waals surface area contributed by atoms with Gasteiger partial charge in [0, 0.05) is 19.2 Å². The molecule has 1 aromatic rings. The number of nitrogens with one attached hydrogen (secondary N) is 1. The Kier molecular flexibility index (Phi) is 5.79. The molecule has 1 atom stereocenters. The second-order valence-electron chi connectivity index (χ2n) is 4.30. The maximum Gasteiger partial charge on any atom is 0.322 e. The lowest BCUT2D eigenvalue weighted by atomic mass is 10.2. The van der Waals surface area contributed by atoms with Gasteiger partial charge in [0.2, 0.25) is 0 Å². The van der Waals surface area contributed by atoms with E-state index in [0.717, 1.165) is 5.56 Å². The lowest BCUT2D eigenvalue weighted by molar-refractivity contribution is -0.138. The minimum atomic E-state index is -1.15. The van der Waals surface area contributed by atoms with E-state index >= 15 is 0 Å². The van der Waals surface area contributed by atoms with Crippen molar-refractivity contribution >= 4 is 12.0 Å². The maximum absolute atomic E-state index is 11.8. The molecule has 0 aliphatic rings. The first-order valence-electron chi connectivity index (χ1n) is 6.05. The van der Waals surface area contributed by atoms with Crippen LogP contribution in [0.1, 0.15) is 5.56 Å². The van der Waals surface area contributed by atoms with Crippen LogP contribution in [-0.4, -0.2) is 48.8 Å². The van der Waals surface area contributed by atoms with E-state index in [4.69, 9.17) is 15.6 Å². The average molecular weight is 281 g/mol. The molecule has 1 rings (SSSR count). The van der Waals surface area contributed by atoms with Gasteiger partial charge in [0.05, 0.1) is 13.7 Å². The van der Waals surface area contributed by atoms with Crippen LogP contribution in [0.4, 0.5) is 4.79 Å². The molecular formula is C13H19N3O4. The largest absolute Gasteiger partial charge is 0.496 e. The van der Waals surface area contributed by atoms with Crippen molar-refractivity contribution < 1.29 is 19.4 Å². The Labute approximate surface area is 117 Å². The van der Waals surface area contributed by atoms with Crippen molar-refractivity contribution in [1.29, 1.82) is 0 Å². The summed E-state index contributed by atoms with van der Waals surface area (Å²) in [5.41, 5.74) is 6.17. The zero-order valence-corrected chi connectivity index (χ0v) is 11.5. The number of aliphatic carboxylic acids is 1. The van der Waals surface area contributed by atoms with Gasteiger partial charge in [-0.25, -0.2) is 4.79 Å². The van der Waals surface area contributed by atoms with Gasteiger partial charge in [-0.05, 0) is 6.07 Å². The van der Waals surface area contributed by atoms with Gasteiger partial charge in [-0.1, -0.05) is 18.2 Å². The molecule has 0 saturated carbocycles. The lowest BCUT2D eigenvalue weighted by Crippen LogP contribution is -2.46. The molecule has 0 radical (unpaired) electrons. The van der Waals surface area contributed by atoms with Crippen molar-refractivity contribution in [2.45, 2.75) is 12.6 Å². The standard InChI is InChI=1S/C13H19N3O4/c1-16(13(19)15-7-10(14)12(17)18)8-9-5-3-4-6-11(9)20-2/h3-6,10H,7-8,14H2,1-2H3,(H,15,19)(H,17,18). The Morgan fingerprint density at radius 2 is 2.10 bits per heavy atom. The van der Waals surface area contributed by atoms with E-state index in [2.05, 4.69) is 5.32 Å². The van der Waals surface area contributed by atoms with E-state index in [1.807, 2.05) is 18.2 Å². The first-order valence-corrected chi connectivity index (χ1v) is 6.05. The van der Waals surface area contributed by atoms with Crippen LogP contribution < -0.4 is 15.8 Å². The predicted molar refractivity (Wildman–Crippen MR) is 73.5 cm³/mol. The van der Waals surface area contributed by atoms with E-state index in [1.54, 1.807) is 20.2 Å². The van der Waals surface area contributed by atoms with Gasteiger partial charge >= 0.3 is 12.0 Å². The quantitative estimate of drug-likeness (QED) is 0.693. The number of urea groups is 1. The summed E-state index contributed by atoms with van der Waals surface area (Å²) < 4.78 is 5.20. The smallest absolute Gasteiger partial charge is 0.322 e. The maximum atomic E-state index is 11.8. The molecular weight excluding hydrogens is 262 g/mol. The van der Waals surface area contributed by atoms with Crippen LogP contribution in [0.15, 0.2) is 24.3 Å². The third-order valence-electron chi connectivity index (χ3n) is 2.74. The number of carboxylic acids is 1. The van der Waals surface area contributed by atoms with E-state index in [1.165, 1.54) is 4.90 Å². The van der Waals surface area contributed by atoms with Gasteiger partial charge in [-0.3, -0.25) is 4.79 Å². The molecule has 0 aliphatic carbocycles. The minimum absolute atomic E-state index is 0.121. The third kappa shape index (κ3) is 4.43. The number of benzene rings is 1. The molecule has 0 spiro atoms. The normalized spacial score (nSPS) is 11.6. The van der Waals surface area contributed by atoms with E-state index in [9.17, 15) is 9.59 Å². The second kappa shape index (κ2) is 7.34. The third-order valence-corrected chi connectivity index (χ3v) is 2.74. The van der Waals surface area contributed by atoms with Crippen LogP contribution in [0, 0.1) is 0 Å². The summed E-state index contributed by atoms with van der Waals surface area (Å²) in [7, 11) is 3.17. The second-order valence-corrected chi connectivity index (χ2v) is 4.30. The average Bonchev–Trinajstić information content (AvgIpc) is 2.44. The summed E-state index contributed by atoms with van der Waals surface area (Å²) in [6.07, 6.45) is 0. The van der Waals surface area contributed by atoms with Gasteiger partial charge < -0.3 is 25.8 Å². The first-order chi connectivity index (χ1) is 9.45. The molecule has 0 aliphatic heterocycles. The number of methoxy groups -OCH3 is 1. The van der Waals surface area contributed by atoms with Gasteiger partial charge in [0.15, 0.2) is 0 Å². The highest BCUT2D eigenvalue weighted by atomic mass is 16.5. The van der Waals surface area contributed by atoms with Gasteiger partial charge in [-0.15, -0.1) is 0 Å². The molecule has 1 aromatic carbocycles. The summed E-state index contributed by atoms with van der Waals surface area (Å²) in [5.74, 6) is -0.466. The molecule has 0 bridgehead atoms. The van der Waals surface area contributed by atoms with E-state index in [0.29, 0.717) is 12.3 Å². The van der Waals surface area contributed by atoms with Gasteiger partial charge in [0.25, 0.3) is 0 Å². The molecule has 0 saturated heterocycles. The van der Waals surface area contributed by atoms with Crippen molar-refractivity contribution in [1.82, 2.24) is 10.2 Å². The number of nitrogens with zero attached hydrogens (tertiary/aromatic N) is 1. The molecule has 7 heteroatoms. The molecule has 4 N–H and O–H groups in total. The molecule has 1 unspecified atom stereocenters. The molecule has 7 nitrogen and oxygen atoms in total. The Balaban J connectivity index is 2.55. The van der Waals surface area contributed by atoms with Crippen LogP contribution in [0.3, 0.4) is 0 Å². The molecule has 20 heavy (non-hydrogen) atoms. The predicted octanol–water partition coefficient (Wildman–Crippen LogP) is 0.249. The Morgan fingerprint density at radius 1 is 1.45 bits per heavy atom. The summed E-state index contributed by atoms with van der Waals surface area (Å²) in [4.78, 5) is 23.8. The Morgan fingerprint density at radius 3 is 2.70 bits per heavy atom. The Hall–Kier alpha value is -2.28. The van der Waals surface area contributed by atoms with Crippen LogP contribution >= 0.6 is 0 Å². The van der Waals surface area contributed by atoms with Crippen molar-refractivity contribution in [3.63, 3.8) is 0 Å². The number of carbonyl (C=O) groups excluding carboxylic acids is 1. The molecule has 2 amide bonds. The van der Waals surface area contributed by atoms with Crippen LogP contribution in [0.5, 0.6) is 5.75 Å². The number of nitrogens with two attached hydrogens (primary N) is 1. The fourth-order valence-corrected chi connectivity index (χ4v) is 1.58. The summed E-state index contributed by atoms with van der Waals surface area (Å²) >= 11 is 0. The highest BCUT2D eigenvalue weighted by Crippen LogP contribution is 2.18. The minimum Gasteiger partial charge on any atom is -0.496 e. The first kappa shape index (κ1) is 15.8.